The summed E-state index contributed by atoms with van der Waals surface area (Å²) in [6.45, 7) is 0. The van der Waals surface area contributed by atoms with E-state index in [1.54, 1.807) is 31.6 Å². The smallest absolute Gasteiger partial charge is 0.134 e. The van der Waals surface area contributed by atoms with E-state index in [1.807, 2.05) is 23.6 Å². The number of hydrogen-bond acceptors (Lipinski definition) is 5. The molecule has 114 valence electrons. The van der Waals surface area contributed by atoms with Crippen LogP contribution >= 0.6 is 27.3 Å². The van der Waals surface area contributed by atoms with Gasteiger partial charge in [0, 0.05) is 17.0 Å². The van der Waals surface area contributed by atoms with Gasteiger partial charge in [0.05, 0.1) is 29.1 Å². The zero-order valence-corrected chi connectivity index (χ0v) is 14.5. The highest BCUT2D eigenvalue weighted by molar-refractivity contribution is 9.10. The number of allylic oxidation sites excluding steroid dienone is 1. The first-order valence-corrected chi connectivity index (χ1v) is 8.33. The summed E-state index contributed by atoms with van der Waals surface area (Å²) in [5.74, 6) is 1.39. The molecular weight excluding hydrogens is 376 g/mol. The van der Waals surface area contributed by atoms with Crippen molar-refractivity contribution in [1.29, 1.82) is 5.26 Å². The maximum atomic E-state index is 9.35. The second-order valence-electron chi connectivity index (χ2n) is 4.57. The lowest BCUT2D eigenvalue weighted by molar-refractivity contribution is 0.412. The van der Waals surface area contributed by atoms with Gasteiger partial charge in [-0.1, -0.05) is 0 Å². The molecule has 0 aliphatic carbocycles. The monoisotopic (exact) mass is 386 g/mol. The number of furan rings is 1. The van der Waals surface area contributed by atoms with Crippen molar-refractivity contribution < 1.29 is 9.15 Å². The van der Waals surface area contributed by atoms with E-state index in [9.17, 15) is 5.26 Å². The zero-order valence-electron chi connectivity index (χ0n) is 12.1. The van der Waals surface area contributed by atoms with E-state index < -0.39 is 0 Å². The average molecular weight is 387 g/mol. The van der Waals surface area contributed by atoms with Gasteiger partial charge in [-0.2, -0.15) is 5.26 Å². The zero-order chi connectivity index (χ0) is 16.2. The number of nitrogens with zero attached hydrogens (tertiary/aromatic N) is 2. The lowest BCUT2D eigenvalue weighted by Crippen LogP contribution is -1.86. The molecule has 4 nitrogen and oxygen atoms in total. The van der Waals surface area contributed by atoms with E-state index in [2.05, 4.69) is 27.0 Å². The summed E-state index contributed by atoms with van der Waals surface area (Å²) in [5, 5.41) is 11.9. The van der Waals surface area contributed by atoms with Crippen LogP contribution in [0.3, 0.4) is 0 Å². The number of ether oxygens (including phenoxy) is 1. The molecule has 0 unspecified atom stereocenters. The molecule has 0 bridgehead atoms. The molecule has 0 atom stereocenters. The van der Waals surface area contributed by atoms with Crippen LogP contribution in [-0.4, -0.2) is 12.1 Å². The lowest BCUT2D eigenvalue weighted by atomic mass is 10.1. The van der Waals surface area contributed by atoms with E-state index in [0.29, 0.717) is 16.3 Å². The van der Waals surface area contributed by atoms with E-state index in [-0.39, 0.29) is 0 Å². The highest BCUT2D eigenvalue weighted by Crippen LogP contribution is 2.32. The predicted octanol–water partition coefficient (Wildman–Crippen LogP) is 5.24. The van der Waals surface area contributed by atoms with Crippen LogP contribution in [0.15, 0.2) is 50.9 Å². The number of benzene rings is 1. The summed E-state index contributed by atoms with van der Waals surface area (Å²) in [4.78, 5) is 4.55. The van der Waals surface area contributed by atoms with Gasteiger partial charge in [-0.3, -0.25) is 0 Å². The molecule has 3 rings (SSSR count). The number of hydrogen-bond donors (Lipinski definition) is 0. The molecule has 1 aromatic carbocycles. The Labute approximate surface area is 145 Å². The number of halogens is 1. The van der Waals surface area contributed by atoms with Crippen molar-refractivity contribution in [1.82, 2.24) is 4.98 Å². The van der Waals surface area contributed by atoms with Crippen LogP contribution in [0.5, 0.6) is 5.75 Å². The second kappa shape index (κ2) is 6.82. The topological polar surface area (TPSA) is 59.0 Å². The van der Waals surface area contributed by atoms with Gasteiger partial charge >= 0.3 is 0 Å². The van der Waals surface area contributed by atoms with Gasteiger partial charge in [-0.05, 0) is 46.3 Å². The van der Waals surface area contributed by atoms with Gasteiger partial charge in [0.25, 0.3) is 0 Å². The number of rotatable bonds is 4. The number of nitriles is 1. The van der Waals surface area contributed by atoms with Crippen LogP contribution in [-0.2, 0) is 0 Å². The summed E-state index contributed by atoms with van der Waals surface area (Å²) in [5.41, 5.74) is 2.24. The van der Waals surface area contributed by atoms with E-state index in [4.69, 9.17) is 9.15 Å². The van der Waals surface area contributed by atoms with Crippen molar-refractivity contribution >= 4 is 38.9 Å². The molecular formula is C17H11BrN2O2S. The molecule has 0 spiro atoms. The van der Waals surface area contributed by atoms with Crippen molar-refractivity contribution in [2.24, 2.45) is 0 Å². The summed E-state index contributed by atoms with van der Waals surface area (Å²) in [6, 6.07) is 11.5. The number of methoxy groups -OCH3 is 1. The molecule has 0 saturated carbocycles. The molecule has 0 N–H and O–H groups in total. The fourth-order valence-corrected chi connectivity index (χ4v) is 3.35. The summed E-state index contributed by atoms with van der Waals surface area (Å²) >= 11 is 4.89. The largest absolute Gasteiger partial charge is 0.496 e. The van der Waals surface area contributed by atoms with Crippen LogP contribution in [0, 0.1) is 11.3 Å². The quantitative estimate of drug-likeness (QED) is 0.575. The minimum Gasteiger partial charge on any atom is -0.496 e. The van der Waals surface area contributed by atoms with Crippen molar-refractivity contribution in [3.63, 3.8) is 0 Å². The van der Waals surface area contributed by atoms with Gasteiger partial charge in [0.15, 0.2) is 0 Å². The van der Waals surface area contributed by atoms with Crippen LogP contribution in [0.1, 0.15) is 10.8 Å². The lowest BCUT2D eigenvalue weighted by Gasteiger charge is -2.04. The molecule has 2 aromatic heterocycles. The Kier molecular flexibility index (Phi) is 4.60. The molecule has 0 aliphatic heterocycles. The number of aromatic nitrogens is 1. The van der Waals surface area contributed by atoms with Crippen molar-refractivity contribution in [2.75, 3.05) is 7.11 Å². The predicted molar refractivity (Wildman–Crippen MR) is 94.0 cm³/mol. The Morgan fingerprint density at radius 3 is 2.96 bits per heavy atom. The Bertz CT molecular complexity index is 892. The third-order valence-corrected chi connectivity index (χ3v) is 4.63. The van der Waals surface area contributed by atoms with Crippen LogP contribution in [0.2, 0.25) is 0 Å². The Hall–Kier alpha value is -2.36. The standard InChI is InChI=1S/C17H11BrN2O2S/c1-21-16-5-4-11(8-14(16)18)15-10-23-17(20-15)12(9-19)7-13-3-2-6-22-13/h2-8,10H,1H3/b12-7+. The fourth-order valence-electron chi connectivity index (χ4n) is 2.01. The molecule has 0 radical (unpaired) electrons. The highest BCUT2D eigenvalue weighted by Gasteiger charge is 2.11. The Morgan fingerprint density at radius 2 is 2.30 bits per heavy atom. The average Bonchev–Trinajstić information content (AvgIpc) is 3.24. The molecule has 3 aromatic rings. The molecule has 2 heterocycles. The van der Waals surface area contributed by atoms with Crippen LogP contribution < -0.4 is 4.74 Å². The van der Waals surface area contributed by atoms with E-state index >= 15 is 0 Å². The number of thiazole rings is 1. The first-order chi connectivity index (χ1) is 11.2. The molecule has 0 fully saturated rings. The maximum Gasteiger partial charge on any atom is 0.134 e. The highest BCUT2D eigenvalue weighted by atomic mass is 79.9. The minimum absolute atomic E-state index is 0.476. The Balaban J connectivity index is 1.94. The van der Waals surface area contributed by atoms with Crippen molar-refractivity contribution in [2.45, 2.75) is 0 Å². The van der Waals surface area contributed by atoms with Crippen molar-refractivity contribution in [3.05, 3.63) is 57.2 Å². The second-order valence-corrected chi connectivity index (χ2v) is 6.28. The molecule has 23 heavy (non-hydrogen) atoms. The summed E-state index contributed by atoms with van der Waals surface area (Å²) in [6.07, 6.45) is 3.26. The van der Waals surface area contributed by atoms with E-state index in [0.717, 1.165) is 21.5 Å². The molecule has 0 amide bonds. The Morgan fingerprint density at radius 1 is 1.43 bits per heavy atom. The summed E-state index contributed by atoms with van der Waals surface area (Å²) in [7, 11) is 1.62. The molecule has 0 saturated heterocycles. The van der Waals surface area contributed by atoms with Crippen molar-refractivity contribution in [3.8, 4) is 23.1 Å². The third-order valence-electron chi connectivity index (χ3n) is 3.13. The first-order valence-electron chi connectivity index (χ1n) is 6.66. The summed E-state index contributed by atoms with van der Waals surface area (Å²) < 4.78 is 11.3. The van der Waals surface area contributed by atoms with Gasteiger partial charge in [-0.25, -0.2) is 4.98 Å². The normalized spacial score (nSPS) is 11.3. The van der Waals surface area contributed by atoms with Gasteiger partial charge in [0.1, 0.15) is 22.6 Å². The van der Waals surface area contributed by atoms with Gasteiger partial charge in [0.2, 0.25) is 0 Å². The van der Waals surface area contributed by atoms with Gasteiger partial charge in [-0.15, -0.1) is 11.3 Å². The molecule has 6 heteroatoms. The fraction of sp³-hybridized carbons (Fsp3) is 0.0588. The van der Waals surface area contributed by atoms with Gasteiger partial charge < -0.3 is 9.15 Å². The van der Waals surface area contributed by atoms with Crippen LogP contribution in [0.4, 0.5) is 0 Å². The van der Waals surface area contributed by atoms with E-state index in [1.165, 1.54) is 11.3 Å². The minimum atomic E-state index is 0.476. The van der Waals surface area contributed by atoms with Crippen LogP contribution in [0.25, 0.3) is 22.9 Å². The maximum absolute atomic E-state index is 9.35. The first kappa shape index (κ1) is 15.5. The third kappa shape index (κ3) is 3.36. The molecule has 0 aliphatic rings. The SMILES string of the molecule is COc1ccc(-c2csc(/C(C#N)=C/c3ccco3)n2)cc1Br.